The van der Waals surface area contributed by atoms with Crippen LogP contribution in [0.25, 0.3) is 0 Å². The van der Waals surface area contributed by atoms with Crippen LogP contribution in [0, 0.1) is 0 Å². The Bertz CT molecular complexity index is 1140. The molecule has 3 aromatic rings. The molecule has 1 aliphatic heterocycles. The molecule has 0 saturated heterocycles. The zero-order valence-electron chi connectivity index (χ0n) is 17.8. The summed E-state index contributed by atoms with van der Waals surface area (Å²) >= 11 is 0. The van der Waals surface area contributed by atoms with E-state index in [-0.39, 0.29) is 31.3 Å². The smallest absolute Gasteiger partial charge is 0.436 e. The number of carbonyl (C=O) groups excluding carboxylic acids is 1. The molecule has 2 heterocycles. The Hall–Kier alpha value is -3.53. The Kier molecular flexibility index (Phi) is 6.03. The first-order chi connectivity index (χ1) is 15.7. The zero-order chi connectivity index (χ0) is 23.8. The number of aromatic nitrogens is 2. The van der Waals surface area contributed by atoms with Crippen molar-refractivity contribution >= 4 is 11.7 Å². The van der Waals surface area contributed by atoms with Crippen LogP contribution in [0.15, 0.2) is 48.5 Å². The molecule has 10 heteroatoms. The highest BCUT2D eigenvalue weighted by Crippen LogP contribution is 2.38. The van der Waals surface area contributed by atoms with Crippen LogP contribution in [0.5, 0.6) is 5.75 Å². The monoisotopic (exact) mass is 460 g/mol. The normalized spacial score (nSPS) is 14.3. The molecule has 3 N–H and O–H groups in total. The maximum atomic E-state index is 13.8. The van der Waals surface area contributed by atoms with Crippen LogP contribution in [0.4, 0.5) is 19.0 Å². The second kappa shape index (κ2) is 8.78. The van der Waals surface area contributed by atoms with Crippen molar-refractivity contribution in [3.05, 3.63) is 76.5 Å². The Morgan fingerprint density at radius 3 is 2.33 bits per heavy atom. The molecule has 0 unspecified atom stereocenters. The number of hydrogen-bond acceptors (Lipinski definition) is 5. The number of aliphatic hydroxyl groups excluding tert-OH is 1. The van der Waals surface area contributed by atoms with Crippen molar-refractivity contribution in [2.75, 3.05) is 11.4 Å². The number of benzene rings is 2. The molecule has 0 fully saturated rings. The van der Waals surface area contributed by atoms with Gasteiger partial charge in [-0.05, 0) is 35.7 Å². The number of nitrogens with one attached hydrogen (secondary N) is 1. The minimum absolute atomic E-state index is 0.0886. The largest absolute Gasteiger partial charge is 0.508 e. The lowest BCUT2D eigenvalue weighted by Crippen LogP contribution is -2.31. The van der Waals surface area contributed by atoms with Crippen LogP contribution in [0.3, 0.4) is 0 Å². The molecule has 1 amide bonds. The molecular formula is C23H23F3N4O3. The predicted molar refractivity (Wildman–Crippen MR) is 115 cm³/mol. The van der Waals surface area contributed by atoms with Gasteiger partial charge in [0.25, 0.3) is 5.91 Å². The number of amides is 1. The molecule has 1 aromatic heterocycles. The molecular weight excluding hydrogens is 437 g/mol. The Morgan fingerprint density at radius 2 is 1.73 bits per heavy atom. The number of alkyl halides is 3. The van der Waals surface area contributed by atoms with Crippen LogP contribution >= 0.6 is 0 Å². The number of halogens is 3. The van der Waals surface area contributed by atoms with Crippen molar-refractivity contribution in [2.45, 2.75) is 38.8 Å². The molecule has 4 rings (SSSR count). The number of aliphatic hydroxyl groups is 1. The summed E-state index contributed by atoms with van der Waals surface area (Å²) in [5.41, 5.74) is 0.445. The van der Waals surface area contributed by atoms with Gasteiger partial charge in [-0.2, -0.15) is 18.3 Å². The second-order valence-corrected chi connectivity index (χ2v) is 7.95. The molecule has 1 atom stereocenters. The fourth-order valence-corrected chi connectivity index (χ4v) is 3.90. The minimum atomic E-state index is -4.79. The maximum Gasteiger partial charge on any atom is 0.436 e. The van der Waals surface area contributed by atoms with E-state index in [1.54, 1.807) is 48.2 Å². The van der Waals surface area contributed by atoms with Crippen molar-refractivity contribution in [1.29, 1.82) is 0 Å². The Morgan fingerprint density at radius 1 is 1.09 bits per heavy atom. The summed E-state index contributed by atoms with van der Waals surface area (Å²) < 4.78 is 42.6. The highest BCUT2D eigenvalue weighted by Gasteiger charge is 2.44. The van der Waals surface area contributed by atoms with Crippen molar-refractivity contribution in [1.82, 2.24) is 15.1 Å². The van der Waals surface area contributed by atoms with Gasteiger partial charge in [0.1, 0.15) is 17.1 Å². The first kappa shape index (κ1) is 22.7. The molecule has 0 bridgehead atoms. The van der Waals surface area contributed by atoms with Gasteiger partial charge in [-0.15, -0.1) is 0 Å². The number of rotatable bonds is 6. The summed E-state index contributed by atoms with van der Waals surface area (Å²) in [4.78, 5) is 14.8. The lowest BCUT2D eigenvalue weighted by molar-refractivity contribution is -0.141. The summed E-state index contributed by atoms with van der Waals surface area (Å²) in [6.07, 6.45) is -4.79. The molecule has 33 heavy (non-hydrogen) atoms. The van der Waals surface area contributed by atoms with Gasteiger partial charge in [-0.1, -0.05) is 36.4 Å². The van der Waals surface area contributed by atoms with Crippen molar-refractivity contribution < 1.29 is 28.2 Å². The summed E-state index contributed by atoms with van der Waals surface area (Å²) in [6.45, 7) is 2.44. The summed E-state index contributed by atoms with van der Waals surface area (Å²) in [7, 11) is 0. The number of phenols is 1. The fourth-order valence-electron chi connectivity index (χ4n) is 3.90. The first-order valence-corrected chi connectivity index (χ1v) is 10.4. The van der Waals surface area contributed by atoms with Crippen LogP contribution in [-0.2, 0) is 25.9 Å². The van der Waals surface area contributed by atoms with Gasteiger partial charge < -0.3 is 20.4 Å². The van der Waals surface area contributed by atoms with Gasteiger partial charge in [0.05, 0.1) is 19.2 Å². The third-order valence-electron chi connectivity index (χ3n) is 5.62. The average Bonchev–Trinajstić information content (AvgIpc) is 3.35. The number of aromatic hydroxyl groups is 1. The number of nitrogens with zero attached hydrogens (tertiary/aromatic N) is 3. The third kappa shape index (κ3) is 4.65. The lowest BCUT2D eigenvalue weighted by atomic mass is 10.1. The van der Waals surface area contributed by atoms with Crippen molar-refractivity contribution in [3.63, 3.8) is 0 Å². The average molecular weight is 460 g/mol. The Labute approximate surface area is 188 Å². The van der Waals surface area contributed by atoms with E-state index in [2.05, 4.69) is 10.4 Å². The van der Waals surface area contributed by atoms with E-state index >= 15 is 0 Å². The molecule has 0 aliphatic carbocycles. The van der Waals surface area contributed by atoms with Crippen molar-refractivity contribution in [2.24, 2.45) is 0 Å². The van der Waals surface area contributed by atoms with E-state index in [1.165, 1.54) is 16.8 Å². The van der Waals surface area contributed by atoms with Crippen LogP contribution in [-0.4, -0.2) is 32.4 Å². The fraction of sp³-hybridized carbons (Fsp3) is 0.304. The van der Waals surface area contributed by atoms with Gasteiger partial charge in [0.15, 0.2) is 5.69 Å². The van der Waals surface area contributed by atoms with Gasteiger partial charge in [0, 0.05) is 13.1 Å². The summed E-state index contributed by atoms with van der Waals surface area (Å²) in [5, 5.41) is 25.0. The topological polar surface area (TPSA) is 90.6 Å². The zero-order valence-corrected chi connectivity index (χ0v) is 17.8. The number of anilines is 1. The highest BCUT2D eigenvalue weighted by atomic mass is 19.4. The standard InChI is InChI=1S/C23H23F3N4O3/c1-14(17-6-2-16(13-31)3-7-17)27-21(33)19-20(23(24,25)26)28-30-11-10-29(22(19)30)12-15-4-8-18(32)9-5-15/h2-9,14,31-32H,10-13H2,1H3,(H,27,33)/t14-/m0/s1. The van der Waals surface area contributed by atoms with Crippen LogP contribution in [0.1, 0.15) is 45.7 Å². The number of fused-ring (bicyclic) bond motifs is 1. The molecule has 0 spiro atoms. The maximum absolute atomic E-state index is 13.8. The number of carbonyl (C=O) groups is 1. The minimum Gasteiger partial charge on any atom is -0.508 e. The highest BCUT2D eigenvalue weighted by molar-refractivity contribution is 6.01. The molecule has 1 aliphatic rings. The molecule has 0 radical (unpaired) electrons. The molecule has 7 nitrogen and oxygen atoms in total. The summed E-state index contributed by atoms with van der Waals surface area (Å²) in [6, 6.07) is 12.6. The van der Waals surface area contributed by atoms with E-state index in [0.717, 1.165) is 5.56 Å². The van der Waals surface area contributed by atoms with Gasteiger partial charge in [-0.25, -0.2) is 4.68 Å². The van der Waals surface area contributed by atoms with Crippen LogP contribution in [0.2, 0.25) is 0 Å². The van der Waals surface area contributed by atoms with Crippen LogP contribution < -0.4 is 10.2 Å². The van der Waals surface area contributed by atoms with Crippen molar-refractivity contribution in [3.8, 4) is 5.75 Å². The SMILES string of the molecule is C[C@H](NC(=O)c1c(C(F)(F)F)nn2c1N(Cc1ccc(O)cc1)CC2)c1ccc(CO)cc1. The Balaban J connectivity index is 1.64. The number of hydrogen-bond donors (Lipinski definition) is 3. The third-order valence-corrected chi connectivity index (χ3v) is 5.62. The van der Waals surface area contributed by atoms with Gasteiger partial charge in [-0.3, -0.25) is 4.79 Å². The van der Waals surface area contributed by atoms with E-state index in [9.17, 15) is 28.2 Å². The van der Waals surface area contributed by atoms with E-state index in [4.69, 9.17) is 0 Å². The van der Waals surface area contributed by atoms with Gasteiger partial charge >= 0.3 is 6.18 Å². The molecule has 2 aromatic carbocycles. The predicted octanol–water partition coefficient (Wildman–Crippen LogP) is 3.61. The first-order valence-electron chi connectivity index (χ1n) is 10.4. The summed E-state index contributed by atoms with van der Waals surface area (Å²) in [5.74, 6) is -0.652. The van der Waals surface area contributed by atoms with E-state index < -0.39 is 29.4 Å². The molecule has 174 valence electrons. The lowest BCUT2D eigenvalue weighted by Gasteiger charge is -2.21. The number of phenolic OH excluding ortho intramolecular Hbond substituents is 1. The quantitative estimate of drug-likeness (QED) is 0.523. The van der Waals surface area contributed by atoms with Gasteiger partial charge in [0.2, 0.25) is 0 Å². The van der Waals surface area contributed by atoms with E-state index in [0.29, 0.717) is 17.7 Å². The van der Waals surface area contributed by atoms with E-state index in [1.807, 2.05) is 0 Å². The molecule has 0 saturated carbocycles. The second-order valence-electron chi connectivity index (χ2n) is 7.95.